The maximum atomic E-state index is 11.7. The molecule has 2 aromatic heterocycles. The second-order valence-electron chi connectivity index (χ2n) is 5.24. The quantitative estimate of drug-likeness (QED) is 0.521. The van der Waals surface area contributed by atoms with Crippen molar-refractivity contribution in [3.63, 3.8) is 0 Å². The molecule has 0 saturated heterocycles. The van der Waals surface area contributed by atoms with Gasteiger partial charge in [-0.3, -0.25) is 4.68 Å². The Kier molecular flexibility index (Phi) is 5.22. The van der Waals surface area contributed by atoms with Gasteiger partial charge in [0.2, 0.25) is 0 Å². The Morgan fingerprint density at radius 2 is 2.24 bits per heavy atom. The molecule has 2 N–H and O–H groups in total. The van der Waals surface area contributed by atoms with Gasteiger partial charge in [0.25, 0.3) is 0 Å². The molecule has 2 heterocycles. The maximum Gasteiger partial charge on any atom is 0.349 e. The van der Waals surface area contributed by atoms with Crippen LogP contribution in [0.2, 0.25) is 5.02 Å². The van der Waals surface area contributed by atoms with E-state index in [0.29, 0.717) is 21.6 Å². The Hall–Kier alpha value is -2.16. The molecule has 0 saturated carbocycles. The zero-order valence-corrected chi connectivity index (χ0v) is 15.9. The normalized spacial score (nSPS) is 10.7. The smallest absolute Gasteiger partial charge is 0.349 e. The van der Waals surface area contributed by atoms with Crippen LogP contribution >= 0.6 is 35.2 Å². The molecule has 0 radical (unpaired) electrons. The first-order valence-electron chi connectivity index (χ1n) is 7.31. The molecule has 130 valence electrons. The first-order valence-corrected chi connectivity index (χ1v) is 8.92. The number of rotatable bonds is 4. The van der Waals surface area contributed by atoms with Crippen molar-refractivity contribution in [3.8, 4) is 0 Å². The van der Waals surface area contributed by atoms with Crippen LogP contribution in [0.3, 0.4) is 0 Å². The van der Waals surface area contributed by atoms with Crippen LogP contribution in [0.1, 0.15) is 15.4 Å². The molecule has 0 amide bonds. The molecule has 0 fully saturated rings. The second kappa shape index (κ2) is 7.38. The standard InChI is InChI=1S/C16H15ClN4O2S2/c1-21-6-5-10(20-21)8-18-16(24)19-9-3-4-11-12(7-9)25-14(13(11)17)15(22)23-2/h3-7H,8H2,1-2H3,(H2,18,19,24). The van der Waals surface area contributed by atoms with Crippen LogP contribution in [-0.2, 0) is 18.3 Å². The Labute approximate surface area is 158 Å². The third-order valence-corrected chi connectivity index (χ3v) is 5.34. The summed E-state index contributed by atoms with van der Waals surface area (Å²) in [4.78, 5) is 12.1. The first-order chi connectivity index (χ1) is 12.0. The van der Waals surface area contributed by atoms with Crippen molar-refractivity contribution in [2.24, 2.45) is 7.05 Å². The average molecular weight is 395 g/mol. The summed E-state index contributed by atoms with van der Waals surface area (Å²) >= 11 is 12.8. The Morgan fingerprint density at radius 3 is 2.92 bits per heavy atom. The number of fused-ring (bicyclic) bond motifs is 1. The van der Waals surface area contributed by atoms with Crippen molar-refractivity contribution in [1.29, 1.82) is 0 Å². The van der Waals surface area contributed by atoms with E-state index in [-0.39, 0.29) is 0 Å². The number of carbonyl (C=O) groups excluding carboxylic acids is 1. The number of nitrogens with one attached hydrogen (secondary N) is 2. The molecule has 3 rings (SSSR count). The number of nitrogens with zero attached hydrogens (tertiary/aromatic N) is 2. The zero-order valence-electron chi connectivity index (χ0n) is 13.5. The minimum Gasteiger partial charge on any atom is -0.465 e. The monoisotopic (exact) mass is 394 g/mol. The van der Waals surface area contributed by atoms with Crippen molar-refractivity contribution >= 4 is 62.0 Å². The number of hydrogen-bond acceptors (Lipinski definition) is 5. The molecule has 0 aliphatic carbocycles. The summed E-state index contributed by atoms with van der Waals surface area (Å²) in [6.07, 6.45) is 1.88. The highest BCUT2D eigenvalue weighted by molar-refractivity contribution is 7.80. The third kappa shape index (κ3) is 3.92. The number of carbonyl (C=O) groups is 1. The molecule has 0 spiro atoms. The number of methoxy groups -OCH3 is 1. The van der Waals surface area contributed by atoms with Crippen LogP contribution < -0.4 is 10.6 Å². The van der Waals surface area contributed by atoms with E-state index in [4.69, 9.17) is 28.6 Å². The van der Waals surface area contributed by atoms with Crippen LogP contribution in [0.5, 0.6) is 0 Å². The Morgan fingerprint density at radius 1 is 1.44 bits per heavy atom. The summed E-state index contributed by atoms with van der Waals surface area (Å²) < 4.78 is 7.36. The number of anilines is 1. The average Bonchev–Trinajstić information content (AvgIpc) is 3.15. The second-order valence-corrected chi connectivity index (χ2v) is 7.07. The van der Waals surface area contributed by atoms with Crippen molar-refractivity contribution in [2.75, 3.05) is 12.4 Å². The highest BCUT2D eigenvalue weighted by atomic mass is 35.5. The topological polar surface area (TPSA) is 68.2 Å². The van der Waals surface area contributed by atoms with Gasteiger partial charge in [0, 0.05) is 29.0 Å². The number of aryl methyl sites for hydroxylation is 1. The highest BCUT2D eigenvalue weighted by Gasteiger charge is 2.17. The predicted octanol–water partition coefficient (Wildman–Crippen LogP) is 3.56. The van der Waals surface area contributed by atoms with Crippen LogP contribution in [-0.4, -0.2) is 28.0 Å². The van der Waals surface area contributed by atoms with Crippen molar-refractivity contribution in [2.45, 2.75) is 6.54 Å². The van der Waals surface area contributed by atoms with Gasteiger partial charge in [-0.15, -0.1) is 11.3 Å². The largest absolute Gasteiger partial charge is 0.465 e. The van der Waals surface area contributed by atoms with Crippen LogP contribution in [0.15, 0.2) is 30.5 Å². The molecule has 0 atom stereocenters. The van der Waals surface area contributed by atoms with Gasteiger partial charge in [-0.25, -0.2) is 4.79 Å². The van der Waals surface area contributed by atoms with E-state index in [1.54, 1.807) is 4.68 Å². The summed E-state index contributed by atoms with van der Waals surface area (Å²) in [5.74, 6) is -0.437. The van der Waals surface area contributed by atoms with E-state index in [1.165, 1.54) is 18.4 Å². The molecule has 0 unspecified atom stereocenters. The molecule has 0 bridgehead atoms. The number of thiocarbonyl (C=S) groups is 1. The Balaban J connectivity index is 1.71. The predicted molar refractivity (Wildman–Crippen MR) is 104 cm³/mol. The number of aromatic nitrogens is 2. The van der Waals surface area contributed by atoms with E-state index in [1.807, 2.05) is 37.5 Å². The fourth-order valence-corrected chi connectivity index (χ4v) is 3.93. The summed E-state index contributed by atoms with van der Waals surface area (Å²) in [7, 11) is 3.20. The third-order valence-electron chi connectivity index (χ3n) is 3.46. The van der Waals surface area contributed by atoms with Crippen LogP contribution in [0, 0.1) is 0 Å². The molecule has 0 aliphatic rings. The van der Waals surface area contributed by atoms with Gasteiger partial charge in [0.15, 0.2) is 5.11 Å². The van der Waals surface area contributed by atoms with E-state index < -0.39 is 5.97 Å². The number of ether oxygens (including phenoxy) is 1. The van der Waals surface area contributed by atoms with Gasteiger partial charge in [-0.1, -0.05) is 11.6 Å². The minimum absolute atomic E-state index is 0.396. The van der Waals surface area contributed by atoms with Crippen LogP contribution in [0.4, 0.5) is 5.69 Å². The van der Waals surface area contributed by atoms with Crippen molar-refractivity contribution in [1.82, 2.24) is 15.1 Å². The number of hydrogen-bond donors (Lipinski definition) is 2. The maximum absolute atomic E-state index is 11.7. The van der Waals surface area contributed by atoms with Gasteiger partial charge < -0.3 is 15.4 Å². The minimum atomic E-state index is -0.437. The number of thiophene rings is 1. The molecule has 1 aromatic carbocycles. The zero-order chi connectivity index (χ0) is 18.0. The fourth-order valence-electron chi connectivity index (χ4n) is 2.27. The lowest BCUT2D eigenvalue weighted by Crippen LogP contribution is -2.28. The van der Waals surface area contributed by atoms with Gasteiger partial charge in [0.05, 0.1) is 24.4 Å². The lowest BCUT2D eigenvalue weighted by molar-refractivity contribution is 0.0606. The van der Waals surface area contributed by atoms with Crippen molar-refractivity contribution in [3.05, 3.63) is 46.1 Å². The van der Waals surface area contributed by atoms with Crippen LogP contribution in [0.25, 0.3) is 10.1 Å². The molecule has 6 nitrogen and oxygen atoms in total. The van der Waals surface area contributed by atoms with E-state index >= 15 is 0 Å². The SMILES string of the molecule is COC(=O)c1sc2cc(NC(=S)NCc3ccn(C)n3)ccc2c1Cl. The molecule has 25 heavy (non-hydrogen) atoms. The lowest BCUT2D eigenvalue weighted by Gasteiger charge is -2.09. The summed E-state index contributed by atoms with van der Waals surface area (Å²) in [6.45, 7) is 0.534. The summed E-state index contributed by atoms with van der Waals surface area (Å²) in [5.41, 5.74) is 1.70. The van der Waals surface area contributed by atoms with Gasteiger partial charge in [0.1, 0.15) is 4.88 Å². The summed E-state index contributed by atoms with van der Waals surface area (Å²) in [6, 6.07) is 7.53. The molecular weight excluding hydrogens is 380 g/mol. The Bertz CT molecular complexity index is 951. The highest BCUT2D eigenvalue weighted by Crippen LogP contribution is 2.37. The summed E-state index contributed by atoms with van der Waals surface area (Å²) in [5, 5.41) is 12.2. The van der Waals surface area contributed by atoms with Gasteiger partial charge in [-0.2, -0.15) is 5.10 Å². The lowest BCUT2D eigenvalue weighted by atomic mass is 10.2. The van der Waals surface area contributed by atoms with E-state index in [9.17, 15) is 4.79 Å². The molecule has 0 aliphatic heterocycles. The number of benzene rings is 1. The van der Waals surface area contributed by atoms with E-state index in [2.05, 4.69) is 15.7 Å². The molecular formula is C16H15ClN4O2S2. The first kappa shape index (κ1) is 17.7. The van der Waals surface area contributed by atoms with E-state index in [0.717, 1.165) is 21.5 Å². The van der Waals surface area contributed by atoms with Gasteiger partial charge >= 0.3 is 5.97 Å². The van der Waals surface area contributed by atoms with Crippen molar-refractivity contribution < 1.29 is 9.53 Å². The molecule has 3 aromatic rings. The molecule has 9 heteroatoms. The number of esters is 1. The van der Waals surface area contributed by atoms with Gasteiger partial charge in [-0.05, 0) is 36.5 Å². The number of halogens is 1. The fraction of sp³-hybridized carbons (Fsp3) is 0.188.